The molecule has 0 aliphatic rings. The van der Waals surface area contributed by atoms with Crippen LogP contribution < -0.4 is 0 Å². The molecule has 3 nitrogen and oxygen atoms in total. The average molecular weight is 245 g/mol. The molecule has 1 N–H and O–H groups in total. The SMILES string of the molecule is CC(O)(c1nccs1)c1occ2ccccc12. The van der Waals surface area contributed by atoms with Crippen molar-refractivity contribution in [1.29, 1.82) is 0 Å². The Bertz CT molecular complexity index is 640. The van der Waals surface area contributed by atoms with Gasteiger partial charge in [0.2, 0.25) is 0 Å². The van der Waals surface area contributed by atoms with E-state index in [-0.39, 0.29) is 0 Å². The Hall–Kier alpha value is -1.65. The van der Waals surface area contributed by atoms with Crippen molar-refractivity contribution in [3.63, 3.8) is 0 Å². The highest BCUT2D eigenvalue weighted by Crippen LogP contribution is 2.35. The summed E-state index contributed by atoms with van der Waals surface area (Å²) < 4.78 is 5.52. The van der Waals surface area contributed by atoms with Crippen LogP contribution in [0, 0.1) is 0 Å². The molecule has 0 radical (unpaired) electrons. The number of aromatic nitrogens is 1. The van der Waals surface area contributed by atoms with Gasteiger partial charge in [0.25, 0.3) is 0 Å². The summed E-state index contributed by atoms with van der Waals surface area (Å²) in [6.07, 6.45) is 3.34. The van der Waals surface area contributed by atoms with Gasteiger partial charge in [0, 0.05) is 22.3 Å². The van der Waals surface area contributed by atoms with Crippen molar-refractivity contribution < 1.29 is 9.52 Å². The molecule has 17 heavy (non-hydrogen) atoms. The molecular formula is C13H11NO2S. The molecule has 3 rings (SSSR count). The molecule has 0 aliphatic heterocycles. The van der Waals surface area contributed by atoms with E-state index >= 15 is 0 Å². The summed E-state index contributed by atoms with van der Waals surface area (Å²) in [4.78, 5) is 4.16. The fourth-order valence-electron chi connectivity index (χ4n) is 1.93. The van der Waals surface area contributed by atoms with E-state index < -0.39 is 5.60 Å². The molecule has 0 spiro atoms. The zero-order valence-electron chi connectivity index (χ0n) is 9.25. The van der Waals surface area contributed by atoms with Crippen molar-refractivity contribution in [1.82, 2.24) is 4.98 Å². The Balaban J connectivity index is 2.22. The van der Waals surface area contributed by atoms with E-state index in [1.165, 1.54) is 11.3 Å². The van der Waals surface area contributed by atoms with Crippen LogP contribution in [0.1, 0.15) is 17.7 Å². The molecule has 1 aromatic carbocycles. The average Bonchev–Trinajstić information content (AvgIpc) is 2.99. The van der Waals surface area contributed by atoms with Gasteiger partial charge in [-0.05, 0) is 6.92 Å². The van der Waals surface area contributed by atoms with E-state index in [0.29, 0.717) is 10.8 Å². The lowest BCUT2D eigenvalue weighted by Gasteiger charge is -2.18. The van der Waals surface area contributed by atoms with Crippen LogP contribution in [0.5, 0.6) is 0 Å². The predicted molar refractivity (Wildman–Crippen MR) is 67.0 cm³/mol. The third kappa shape index (κ3) is 1.57. The molecule has 0 aliphatic carbocycles. The summed E-state index contributed by atoms with van der Waals surface area (Å²) in [5, 5.41) is 15.0. The Morgan fingerprint density at radius 3 is 2.94 bits per heavy atom. The lowest BCUT2D eigenvalue weighted by atomic mass is 10.0. The maximum atomic E-state index is 10.6. The highest BCUT2D eigenvalue weighted by molar-refractivity contribution is 7.09. The second-order valence-electron chi connectivity index (χ2n) is 4.06. The van der Waals surface area contributed by atoms with Crippen molar-refractivity contribution in [3.8, 4) is 0 Å². The maximum Gasteiger partial charge on any atom is 0.171 e. The van der Waals surface area contributed by atoms with Gasteiger partial charge in [-0.3, -0.25) is 0 Å². The normalized spacial score (nSPS) is 14.9. The van der Waals surface area contributed by atoms with Crippen molar-refractivity contribution in [2.45, 2.75) is 12.5 Å². The van der Waals surface area contributed by atoms with Gasteiger partial charge in [-0.25, -0.2) is 4.98 Å². The Labute approximate surface area is 102 Å². The zero-order chi connectivity index (χ0) is 11.9. The monoisotopic (exact) mass is 245 g/mol. The van der Waals surface area contributed by atoms with Crippen LogP contribution in [0.3, 0.4) is 0 Å². The van der Waals surface area contributed by atoms with E-state index in [1.807, 2.05) is 29.6 Å². The minimum Gasteiger partial charge on any atom is -0.465 e. The van der Waals surface area contributed by atoms with Crippen molar-refractivity contribution >= 4 is 22.1 Å². The molecule has 4 heteroatoms. The van der Waals surface area contributed by atoms with Crippen molar-refractivity contribution in [3.05, 3.63) is 52.9 Å². The topological polar surface area (TPSA) is 46.3 Å². The van der Waals surface area contributed by atoms with Crippen LogP contribution in [0.4, 0.5) is 0 Å². The first kappa shape index (κ1) is 10.5. The largest absolute Gasteiger partial charge is 0.465 e. The van der Waals surface area contributed by atoms with Gasteiger partial charge in [-0.1, -0.05) is 24.3 Å². The molecule has 2 aromatic heterocycles. The first-order valence-electron chi connectivity index (χ1n) is 5.28. The van der Waals surface area contributed by atoms with Crippen LogP contribution >= 0.6 is 11.3 Å². The third-order valence-electron chi connectivity index (χ3n) is 2.80. The lowest BCUT2D eigenvalue weighted by molar-refractivity contribution is 0.0784. The first-order valence-corrected chi connectivity index (χ1v) is 6.16. The first-order chi connectivity index (χ1) is 8.19. The number of furan rings is 1. The Kier molecular flexibility index (Phi) is 2.28. The Morgan fingerprint density at radius 1 is 1.35 bits per heavy atom. The molecule has 1 atom stereocenters. The number of aliphatic hydroxyl groups is 1. The third-order valence-corrected chi connectivity index (χ3v) is 3.78. The van der Waals surface area contributed by atoms with Crippen molar-refractivity contribution in [2.24, 2.45) is 0 Å². The lowest BCUT2D eigenvalue weighted by Crippen LogP contribution is -2.21. The van der Waals surface area contributed by atoms with Gasteiger partial charge < -0.3 is 9.52 Å². The molecule has 0 bridgehead atoms. The Morgan fingerprint density at radius 2 is 2.18 bits per heavy atom. The van der Waals surface area contributed by atoms with Crippen LogP contribution in [-0.4, -0.2) is 10.1 Å². The van der Waals surface area contributed by atoms with Gasteiger partial charge in [0.15, 0.2) is 5.60 Å². The molecule has 0 fully saturated rings. The highest BCUT2D eigenvalue weighted by Gasteiger charge is 2.33. The number of hydrogen-bond acceptors (Lipinski definition) is 4. The second kappa shape index (κ2) is 3.68. The zero-order valence-corrected chi connectivity index (χ0v) is 10.1. The highest BCUT2D eigenvalue weighted by atomic mass is 32.1. The predicted octanol–water partition coefficient (Wildman–Crippen LogP) is 3.15. The minimum absolute atomic E-state index is 0.544. The van der Waals surface area contributed by atoms with E-state index in [0.717, 1.165) is 10.8 Å². The fraction of sp³-hybridized carbons (Fsp3) is 0.154. The molecule has 2 heterocycles. The smallest absolute Gasteiger partial charge is 0.171 e. The number of benzene rings is 1. The molecule has 0 saturated heterocycles. The number of rotatable bonds is 2. The van der Waals surface area contributed by atoms with E-state index in [1.54, 1.807) is 19.4 Å². The van der Waals surface area contributed by atoms with Crippen LogP contribution in [0.2, 0.25) is 0 Å². The van der Waals surface area contributed by atoms with E-state index in [2.05, 4.69) is 4.98 Å². The summed E-state index contributed by atoms with van der Waals surface area (Å²) in [6, 6.07) is 7.77. The number of nitrogens with zero attached hydrogens (tertiary/aromatic N) is 1. The fourth-order valence-corrected chi connectivity index (χ4v) is 2.62. The second-order valence-corrected chi connectivity index (χ2v) is 4.96. The molecule has 3 aromatic rings. The van der Waals surface area contributed by atoms with Crippen LogP contribution in [0.25, 0.3) is 10.8 Å². The summed E-state index contributed by atoms with van der Waals surface area (Å²) >= 11 is 1.42. The summed E-state index contributed by atoms with van der Waals surface area (Å²) in [7, 11) is 0. The maximum absolute atomic E-state index is 10.6. The number of hydrogen-bond donors (Lipinski definition) is 1. The summed E-state index contributed by atoms with van der Waals surface area (Å²) in [5.74, 6) is 0.544. The number of fused-ring (bicyclic) bond motifs is 1. The summed E-state index contributed by atoms with van der Waals surface area (Å²) in [6.45, 7) is 1.71. The quantitative estimate of drug-likeness (QED) is 0.754. The van der Waals surface area contributed by atoms with E-state index in [4.69, 9.17) is 4.42 Å². The summed E-state index contributed by atoms with van der Waals surface area (Å²) in [5.41, 5.74) is -1.18. The van der Waals surface area contributed by atoms with Crippen LogP contribution in [0.15, 0.2) is 46.5 Å². The number of thiazole rings is 1. The van der Waals surface area contributed by atoms with Gasteiger partial charge in [0.05, 0.1) is 6.26 Å². The standard InChI is InChI=1S/C13H11NO2S/c1-13(15,12-14-6-7-17-12)11-10-5-3-2-4-9(10)8-16-11/h2-8,15H,1H3. The van der Waals surface area contributed by atoms with Gasteiger partial charge in [-0.15, -0.1) is 11.3 Å². The van der Waals surface area contributed by atoms with Gasteiger partial charge in [0.1, 0.15) is 10.8 Å². The van der Waals surface area contributed by atoms with Crippen molar-refractivity contribution in [2.75, 3.05) is 0 Å². The van der Waals surface area contributed by atoms with Gasteiger partial charge in [-0.2, -0.15) is 0 Å². The molecule has 86 valence electrons. The molecule has 0 saturated carbocycles. The van der Waals surface area contributed by atoms with Crippen LogP contribution in [-0.2, 0) is 5.60 Å². The molecule has 0 amide bonds. The van der Waals surface area contributed by atoms with Gasteiger partial charge >= 0.3 is 0 Å². The molecule has 1 unspecified atom stereocenters. The minimum atomic E-state index is -1.18. The van der Waals surface area contributed by atoms with E-state index in [9.17, 15) is 5.11 Å². The molecular weight excluding hydrogens is 234 g/mol.